The average molecular weight is 303 g/mol. The lowest BCUT2D eigenvalue weighted by molar-refractivity contribution is 0.420. The molecule has 1 aromatic heterocycles. The first kappa shape index (κ1) is 13.6. The Bertz CT molecular complexity index is 807. The first-order valence-electron chi connectivity index (χ1n) is 6.33. The predicted molar refractivity (Wildman–Crippen MR) is 83.0 cm³/mol. The third-order valence-electron chi connectivity index (χ3n) is 3.10. The van der Waals surface area contributed by atoms with E-state index in [-0.39, 0.29) is 5.02 Å². The number of pyridine rings is 1. The summed E-state index contributed by atoms with van der Waals surface area (Å²) in [5, 5.41) is 4.07. The van der Waals surface area contributed by atoms with E-state index in [0.717, 1.165) is 16.7 Å². The summed E-state index contributed by atoms with van der Waals surface area (Å²) in [6.07, 6.45) is 0. The molecule has 1 heterocycles. The van der Waals surface area contributed by atoms with Crippen LogP contribution in [0.3, 0.4) is 0 Å². The highest BCUT2D eigenvalue weighted by atomic mass is 35.5. The van der Waals surface area contributed by atoms with Gasteiger partial charge in [-0.2, -0.15) is 0 Å². The number of hydrogen-bond acceptors (Lipinski definition) is 3. The van der Waals surface area contributed by atoms with Crippen LogP contribution in [0.4, 0.5) is 15.9 Å². The minimum absolute atomic E-state index is 0.0942. The third-order valence-corrected chi connectivity index (χ3v) is 3.41. The SMILES string of the molecule is COc1cccc2nc(Nc3ccc(Cl)c(F)c3)ccc12. The van der Waals surface area contributed by atoms with Gasteiger partial charge in [0.2, 0.25) is 0 Å². The van der Waals surface area contributed by atoms with Gasteiger partial charge in [0.25, 0.3) is 0 Å². The van der Waals surface area contributed by atoms with Crippen molar-refractivity contribution >= 4 is 34.0 Å². The van der Waals surface area contributed by atoms with Crippen LogP contribution < -0.4 is 10.1 Å². The van der Waals surface area contributed by atoms with Gasteiger partial charge in [-0.1, -0.05) is 17.7 Å². The smallest absolute Gasteiger partial charge is 0.143 e. The maximum Gasteiger partial charge on any atom is 0.143 e. The number of nitrogens with zero attached hydrogens (tertiary/aromatic N) is 1. The lowest BCUT2D eigenvalue weighted by atomic mass is 10.2. The molecule has 3 rings (SSSR count). The number of ether oxygens (including phenoxy) is 1. The van der Waals surface area contributed by atoms with Crippen molar-refractivity contribution in [1.29, 1.82) is 0 Å². The van der Waals surface area contributed by atoms with E-state index in [4.69, 9.17) is 16.3 Å². The van der Waals surface area contributed by atoms with Crippen molar-refractivity contribution in [2.45, 2.75) is 0 Å². The van der Waals surface area contributed by atoms with Crippen molar-refractivity contribution < 1.29 is 9.13 Å². The van der Waals surface area contributed by atoms with Gasteiger partial charge in [-0.15, -0.1) is 0 Å². The van der Waals surface area contributed by atoms with Gasteiger partial charge >= 0.3 is 0 Å². The average Bonchev–Trinajstić information content (AvgIpc) is 2.50. The zero-order chi connectivity index (χ0) is 14.8. The lowest BCUT2D eigenvalue weighted by Crippen LogP contribution is -1.95. The fraction of sp³-hybridized carbons (Fsp3) is 0.0625. The molecule has 0 saturated heterocycles. The van der Waals surface area contributed by atoms with Crippen LogP contribution in [0.2, 0.25) is 5.02 Å². The van der Waals surface area contributed by atoms with Crippen molar-refractivity contribution in [3.8, 4) is 5.75 Å². The summed E-state index contributed by atoms with van der Waals surface area (Å²) in [5.41, 5.74) is 1.39. The number of anilines is 2. The Morgan fingerprint density at radius 3 is 2.76 bits per heavy atom. The molecule has 0 aliphatic carbocycles. The van der Waals surface area contributed by atoms with Crippen molar-refractivity contribution in [2.24, 2.45) is 0 Å². The highest BCUT2D eigenvalue weighted by Crippen LogP contribution is 2.27. The molecule has 3 nitrogen and oxygen atoms in total. The summed E-state index contributed by atoms with van der Waals surface area (Å²) in [7, 11) is 1.62. The van der Waals surface area contributed by atoms with Crippen LogP contribution in [0.15, 0.2) is 48.5 Å². The minimum Gasteiger partial charge on any atom is -0.496 e. The Morgan fingerprint density at radius 1 is 1.14 bits per heavy atom. The van der Waals surface area contributed by atoms with Crippen LogP contribution in [-0.2, 0) is 0 Å². The second-order valence-electron chi connectivity index (χ2n) is 4.48. The molecule has 0 saturated carbocycles. The van der Waals surface area contributed by atoms with E-state index in [9.17, 15) is 4.39 Å². The van der Waals surface area contributed by atoms with Gasteiger partial charge in [0.1, 0.15) is 17.4 Å². The lowest BCUT2D eigenvalue weighted by Gasteiger charge is -2.09. The van der Waals surface area contributed by atoms with Gasteiger partial charge in [0.15, 0.2) is 0 Å². The molecule has 1 N–H and O–H groups in total. The number of fused-ring (bicyclic) bond motifs is 1. The highest BCUT2D eigenvalue weighted by Gasteiger charge is 2.05. The molecule has 5 heteroatoms. The van der Waals surface area contributed by atoms with Crippen LogP contribution in [-0.4, -0.2) is 12.1 Å². The predicted octanol–water partition coefficient (Wildman–Crippen LogP) is 4.78. The number of methoxy groups -OCH3 is 1. The van der Waals surface area contributed by atoms with Crippen LogP contribution in [0.25, 0.3) is 10.9 Å². The van der Waals surface area contributed by atoms with E-state index < -0.39 is 5.82 Å². The van der Waals surface area contributed by atoms with Crippen molar-refractivity contribution in [1.82, 2.24) is 4.98 Å². The summed E-state index contributed by atoms with van der Waals surface area (Å²) < 4.78 is 18.7. The second-order valence-corrected chi connectivity index (χ2v) is 4.88. The molecular weight excluding hydrogens is 291 g/mol. The third kappa shape index (κ3) is 2.76. The van der Waals surface area contributed by atoms with Crippen molar-refractivity contribution in [3.63, 3.8) is 0 Å². The molecule has 0 fully saturated rings. The summed E-state index contributed by atoms with van der Waals surface area (Å²) in [6.45, 7) is 0. The Morgan fingerprint density at radius 2 is 2.00 bits per heavy atom. The minimum atomic E-state index is -0.468. The molecule has 0 amide bonds. The van der Waals surface area contributed by atoms with Gasteiger partial charge in [-0.3, -0.25) is 0 Å². The fourth-order valence-electron chi connectivity index (χ4n) is 2.10. The zero-order valence-electron chi connectivity index (χ0n) is 11.2. The Labute approximate surface area is 126 Å². The number of rotatable bonds is 3. The monoisotopic (exact) mass is 302 g/mol. The van der Waals surface area contributed by atoms with Gasteiger partial charge < -0.3 is 10.1 Å². The quantitative estimate of drug-likeness (QED) is 0.756. The van der Waals surface area contributed by atoms with E-state index in [1.807, 2.05) is 30.3 Å². The Balaban J connectivity index is 1.96. The van der Waals surface area contributed by atoms with Crippen molar-refractivity contribution in [3.05, 3.63) is 59.4 Å². The number of aromatic nitrogens is 1. The van der Waals surface area contributed by atoms with Crippen LogP contribution in [0, 0.1) is 5.82 Å². The van der Waals surface area contributed by atoms with E-state index >= 15 is 0 Å². The van der Waals surface area contributed by atoms with E-state index in [1.165, 1.54) is 12.1 Å². The molecule has 0 unspecified atom stereocenters. The van der Waals surface area contributed by atoms with Gasteiger partial charge in [-0.05, 0) is 42.5 Å². The standard InChI is InChI=1S/C16H12ClFN2O/c1-21-15-4-2-3-14-11(15)6-8-16(20-14)19-10-5-7-12(17)13(18)9-10/h2-9H,1H3,(H,19,20). The normalized spacial score (nSPS) is 10.6. The number of nitrogens with one attached hydrogen (secondary N) is 1. The maximum atomic E-state index is 13.4. The molecule has 3 aromatic rings. The topological polar surface area (TPSA) is 34.1 Å². The number of hydrogen-bond donors (Lipinski definition) is 1. The maximum absolute atomic E-state index is 13.4. The second kappa shape index (κ2) is 5.58. The van der Waals surface area contributed by atoms with Gasteiger partial charge in [0.05, 0.1) is 17.6 Å². The molecule has 0 aliphatic rings. The van der Waals surface area contributed by atoms with Crippen molar-refractivity contribution in [2.75, 3.05) is 12.4 Å². The summed E-state index contributed by atoms with van der Waals surface area (Å²) >= 11 is 5.66. The van der Waals surface area contributed by atoms with E-state index in [1.54, 1.807) is 13.2 Å². The zero-order valence-corrected chi connectivity index (χ0v) is 12.0. The molecule has 0 aliphatic heterocycles. The molecule has 0 atom stereocenters. The van der Waals surface area contributed by atoms with E-state index in [0.29, 0.717) is 11.5 Å². The molecule has 2 aromatic carbocycles. The van der Waals surface area contributed by atoms with Crippen LogP contribution >= 0.6 is 11.6 Å². The number of halogens is 2. The van der Waals surface area contributed by atoms with Crippen LogP contribution in [0.5, 0.6) is 5.75 Å². The van der Waals surface area contributed by atoms with Crippen LogP contribution in [0.1, 0.15) is 0 Å². The molecule has 106 valence electrons. The first-order chi connectivity index (χ1) is 10.2. The summed E-state index contributed by atoms with van der Waals surface area (Å²) in [6, 6.07) is 13.9. The summed E-state index contributed by atoms with van der Waals surface area (Å²) in [4.78, 5) is 4.48. The first-order valence-corrected chi connectivity index (χ1v) is 6.71. The fourth-order valence-corrected chi connectivity index (χ4v) is 2.21. The summed E-state index contributed by atoms with van der Waals surface area (Å²) in [5.74, 6) is 0.922. The molecule has 0 radical (unpaired) electrons. The Kier molecular flexibility index (Phi) is 3.62. The molecular formula is C16H12ClFN2O. The van der Waals surface area contributed by atoms with Gasteiger partial charge in [0, 0.05) is 11.1 Å². The highest BCUT2D eigenvalue weighted by molar-refractivity contribution is 6.30. The number of benzene rings is 2. The molecule has 0 spiro atoms. The molecule has 21 heavy (non-hydrogen) atoms. The largest absolute Gasteiger partial charge is 0.496 e. The Hall–Kier alpha value is -2.33. The van der Waals surface area contributed by atoms with E-state index in [2.05, 4.69) is 10.3 Å². The molecule has 0 bridgehead atoms. The van der Waals surface area contributed by atoms with Gasteiger partial charge in [-0.25, -0.2) is 9.37 Å².